The average molecular weight is 310 g/mol. The quantitative estimate of drug-likeness (QED) is 0.660. The molecule has 2 aromatic carbocycles. The maximum atomic E-state index is 6.03. The van der Waals surface area contributed by atoms with Crippen LogP contribution in [0.25, 0.3) is 0 Å². The Labute approximate surface area is 141 Å². The molecule has 0 aliphatic rings. The highest BCUT2D eigenvalue weighted by atomic mass is 16.6. The van der Waals surface area contributed by atoms with Crippen LogP contribution in [0, 0.1) is 0 Å². The molecule has 0 fully saturated rings. The molecule has 0 radical (unpaired) electrons. The zero-order valence-electron chi connectivity index (χ0n) is 14.8. The lowest BCUT2D eigenvalue weighted by atomic mass is 10.0. The molecule has 0 aliphatic heterocycles. The fourth-order valence-corrected chi connectivity index (χ4v) is 2.91. The van der Waals surface area contributed by atoms with Crippen molar-refractivity contribution in [2.75, 3.05) is 0 Å². The standard InChI is InChI=1S/C20H27BO2/c1-5-15-11-9-12-16(6-2)19(15)22-21-23-20-17(7-3)13-10-14-18(20)8-4/h9-14,21H,5-8H2,1-4H3. The molecule has 23 heavy (non-hydrogen) atoms. The van der Waals surface area contributed by atoms with Crippen LogP contribution in [0.2, 0.25) is 0 Å². The van der Waals surface area contributed by atoms with E-state index in [4.69, 9.17) is 9.31 Å². The summed E-state index contributed by atoms with van der Waals surface area (Å²) in [4.78, 5) is 0. The number of para-hydroxylation sites is 2. The smallest absolute Gasteiger partial charge is 0.528 e. The van der Waals surface area contributed by atoms with Crippen LogP contribution in [-0.4, -0.2) is 7.69 Å². The molecule has 0 aliphatic carbocycles. The molecule has 0 unspecified atom stereocenters. The summed E-state index contributed by atoms with van der Waals surface area (Å²) in [7, 11) is 0.258. The summed E-state index contributed by atoms with van der Waals surface area (Å²) in [5.74, 6) is 1.98. The third-order valence-corrected chi connectivity index (χ3v) is 4.29. The van der Waals surface area contributed by atoms with Crippen molar-refractivity contribution >= 4 is 7.69 Å². The maximum absolute atomic E-state index is 6.03. The van der Waals surface area contributed by atoms with Gasteiger partial charge in [-0.25, -0.2) is 0 Å². The summed E-state index contributed by atoms with van der Waals surface area (Å²) in [6.45, 7) is 8.63. The van der Waals surface area contributed by atoms with Gasteiger partial charge in [-0.15, -0.1) is 0 Å². The van der Waals surface area contributed by atoms with E-state index in [9.17, 15) is 0 Å². The summed E-state index contributed by atoms with van der Waals surface area (Å²) < 4.78 is 12.1. The maximum Gasteiger partial charge on any atom is 0.576 e. The van der Waals surface area contributed by atoms with E-state index in [0.29, 0.717) is 0 Å². The Hall–Kier alpha value is -1.90. The van der Waals surface area contributed by atoms with Crippen LogP contribution in [-0.2, 0) is 25.7 Å². The van der Waals surface area contributed by atoms with Gasteiger partial charge < -0.3 is 9.31 Å². The Balaban J connectivity index is 2.15. The van der Waals surface area contributed by atoms with E-state index in [1.165, 1.54) is 22.3 Å². The van der Waals surface area contributed by atoms with E-state index < -0.39 is 0 Å². The van der Waals surface area contributed by atoms with Gasteiger partial charge >= 0.3 is 7.69 Å². The van der Waals surface area contributed by atoms with Crippen molar-refractivity contribution in [3.8, 4) is 11.5 Å². The predicted octanol–water partition coefficient (Wildman–Crippen LogP) is 4.66. The van der Waals surface area contributed by atoms with Gasteiger partial charge in [0.15, 0.2) is 0 Å². The lowest BCUT2D eigenvalue weighted by molar-refractivity contribution is 0.447. The lowest BCUT2D eigenvalue weighted by Crippen LogP contribution is -2.15. The second-order valence-corrected chi connectivity index (χ2v) is 5.63. The van der Waals surface area contributed by atoms with Crippen molar-refractivity contribution in [2.24, 2.45) is 0 Å². The number of benzene rings is 2. The van der Waals surface area contributed by atoms with E-state index in [2.05, 4.69) is 64.1 Å². The van der Waals surface area contributed by atoms with Crippen LogP contribution in [0.5, 0.6) is 11.5 Å². The van der Waals surface area contributed by atoms with Crippen LogP contribution in [0.4, 0.5) is 0 Å². The Morgan fingerprint density at radius 2 is 0.913 bits per heavy atom. The van der Waals surface area contributed by atoms with Crippen molar-refractivity contribution in [3.63, 3.8) is 0 Å². The molecular weight excluding hydrogens is 283 g/mol. The van der Waals surface area contributed by atoms with Gasteiger partial charge in [-0.1, -0.05) is 64.1 Å². The summed E-state index contributed by atoms with van der Waals surface area (Å²) in [5.41, 5.74) is 4.97. The Morgan fingerprint density at radius 3 is 1.17 bits per heavy atom. The minimum absolute atomic E-state index is 0.258. The van der Waals surface area contributed by atoms with Gasteiger partial charge in [0, 0.05) is 0 Å². The predicted molar refractivity (Wildman–Crippen MR) is 98.8 cm³/mol. The molecule has 2 aromatic rings. The highest BCUT2D eigenvalue weighted by Crippen LogP contribution is 2.27. The topological polar surface area (TPSA) is 18.5 Å². The molecule has 0 bridgehead atoms. The van der Waals surface area contributed by atoms with Crippen molar-refractivity contribution < 1.29 is 9.31 Å². The molecule has 2 rings (SSSR count). The van der Waals surface area contributed by atoms with Crippen LogP contribution in [0.1, 0.15) is 49.9 Å². The molecule has 0 saturated carbocycles. The van der Waals surface area contributed by atoms with Gasteiger partial charge in [-0.05, 0) is 47.9 Å². The lowest BCUT2D eigenvalue weighted by Gasteiger charge is -2.17. The van der Waals surface area contributed by atoms with Crippen LogP contribution >= 0.6 is 0 Å². The summed E-state index contributed by atoms with van der Waals surface area (Å²) in [5, 5.41) is 0. The van der Waals surface area contributed by atoms with Gasteiger partial charge in [-0.2, -0.15) is 0 Å². The molecule has 0 spiro atoms. The summed E-state index contributed by atoms with van der Waals surface area (Å²) >= 11 is 0. The highest BCUT2D eigenvalue weighted by molar-refractivity contribution is 6.21. The van der Waals surface area contributed by atoms with Gasteiger partial charge in [-0.3, -0.25) is 0 Å². The van der Waals surface area contributed by atoms with Crippen LogP contribution in [0.15, 0.2) is 36.4 Å². The third-order valence-electron chi connectivity index (χ3n) is 4.29. The van der Waals surface area contributed by atoms with Crippen molar-refractivity contribution in [1.29, 1.82) is 0 Å². The molecule has 0 heterocycles. The minimum Gasteiger partial charge on any atom is -0.528 e. The number of aryl methyl sites for hydroxylation is 4. The zero-order chi connectivity index (χ0) is 16.7. The highest BCUT2D eigenvalue weighted by Gasteiger charge is 2.12. The first-order valence-electron chi connectivity index (χ1n) is 8.72. The Bertz CT molecular complexity index is 538. The fraction of sp³-hybridized carbons (Fsp3) is 0.400. The summed E-state index contributed by atoms with van der Waals surface area (Å²) in [6, 6.07) is 12.7. The molecular formula is C20H27BO2. The second kappa shape index (κ2) is 8.66. The van der Waals surface area contributed by atoms with Gasteiger partial charge in [0.25, 0.3) is 0 Å². The van der Waals surface area contributed by atoms with E-state index >= 15 is 0 Å². The number of hydrogen-bond donors (Lipinski definition) is 0. The molecule has 0 aromatic heterocycles. The molecule has 122 valence electrons. The number of rotatable bonds is 8. The monoisotopic (exact) mass is 310 g/mol. The molecule has 2 nitrogen and oxygen atoms in total. The van der Waals surface area contributed by atoms with Crippen molar-refractivity contribution in [1.82, 2.24) is 0 Å². The molecule has 0 atom stereocenters. The van der Waals surface area contributed by atoms with Crippen LogP contribution in [0.3, 0.4) is 0 Å². The van der Waals surface area contributed by atoms with Crippen LogP contribution < -0.4 is 9.31 Å². The van der Waals surface area contributed by atoms with E-state index in [1.54, 1.807) is 0 Å². The molecule has 0 saturated heterocycles. The van der Waals surface area contributed by atoms with Gasteiger partial charge in [0.2, 0.25) is 0 Å². The largest absolute Gasteiger partial charge is 0.576 e. The Morgan fingerprint density at radius 1 is 0.609 bits per heavy atom. The summed E-state index contributed by atoms with van der Waals surface area (Å²) in [6.07, 6.45) is 3.87. The minimum atomic E-state index is 0.258. The molecule has 3 heteroatoms. The van der Waals surface area contributed by atoms with E-state index in [0.717, 1.165) is 37.2 Å². The fourth-order valence-electron chi connectivity index (χ4n) is 2.91. The van der Waals surface area contributed by atoms with Gasteiger partial charge in [0.05, 0.1) is 0 Å². The first-order chi connectivity index (χ1) is 11.2. The average Bonchev–Trinajstić information content (AvgIpc) is 2.61. The number of hydrogen-bond acceptors (Lipinski definition) is 2. The van der Waals surface area contributed by atoms with E-state index in [-0.39, 0.29) is 7.69 Å². The molecule has 0 amide bonds. The van der Waals surface area contributed by atoms with Crippen molar-refractivity contribution in [3.05, 3.63) is 58.7 Å². The first-order valence-corrected chi connectivity index (χ1v) is 8.72. The first kappa shape index (κ1) is 17.5. The second-order valence-electron chi connectivity index (χ2n) is 5.63. The van der Waals surface area contributed by atoms with Crippen molar-refractivity contribution in [2.45, 2.75) is 53.4 Å². The van der Waals surface area contributed by atoms with Gasteiger partial charge in [0.1, 0.15) is 11.5 Å². The normalized spacial score (nSPS) is 10.4. The Kier molecular flexibility index (Phi) is 6.58. The third kappa shape index (κ3) is 4.10. The zero-order valence-corrected chi connectivity index (χ0v) is 14.8. The molecule has 0 N–H and O–H groups in total. The SMILES string of the molecule is CCc1cccc(CC)c1OBOc1c(CC)cccc1CC. The van der Waals surface area contributed by atoms with E-state index in [1.807, 2.05) is 0 Å².